The van der Waals surface area contributed by atoms with E-state index in [2.05, 4.69) is 21.2 Å². The van der Waals surface area contributed by atoms with Gasteiger partial charge in [0.15, 0.2) is 0 Å². The van der Waals surface area contributed by atoms with E-state index in [0.29, 0.717) is 25.1 Å². The van der Waals surface area contributed by atoms with Crippen LogP contribution in [-0.4, -0.2) is 44.8 Å². The SMILES string of the molecule is COC(=O)c1ccccc1NC(=O)C1CCCN(S(=O)(=O)c2ccc(Br)cc2)C1. The molecule has 0 bridgehead atoms. The third kappa shape index (κ3) is 4.85. The third-order valence-electron chi connectivity index (χ3n) is 4.80. The summed E-state index contributed by atoms with van der Waals surface area (Å²) in [6.07, 6.45) is 1.14. The van der Waals surface area contributed by atoms with E-state index in [9.17, 15) is 18.0 Å². The lowest BCUT2D eigenvalue weighted by molar-refractivity contribution is -0.120. The van der Waals surface area contributed by atoms with E-state index in [0.717, 1.165) is 4.47 Å². The molecule has 1 unspecified atom stereocenters. The lowest BCUT2D eigenvalue weighted by Crippen LogP contribution is -2.43. The average Bonchev–Trinajstić information content (AvgIpc) is 2.74. The van der Waals surface area contributed by atoms with Crippen molar-refractivity contribution in [1.29, 1.82) is 0 Å². The number of nitrogens with zero attached hydrogens (tertiary/aromatic N) is 1. The van der Waals surface area contributed by atoms with E-state index in [1.54, 1.807) is 36.4 Å². The minimum Gasteiger partial charge on any atom is -0.465 e. The predicted octanol–water partition coefficient (Wildman–Crippen LogP) is 3.28. The van der Waals surface area contributed by atoms with Gasteiger partial charge in [0.25, 0.3) is 0 Å². The Kier molecular flexibility index (Phi) is 6.71. The Morgan fingerprint density at radius 2 is 1.83 bits per heavy atom. The fraction of sp³-hybridized carbons (Fsp3) is 0.300. The number of sulfonamides is 1. The zero-order valence-corrected chi connectivity index (χ0v) is 18.2. The maximum atomic E-state index is 12.9. The zero-order chi connectivity index (χ0) is 21.0. The first-order valence-electron chi connectivity index (χ1n) is 9.07. The quantitative estimate of drug-likeness (QED) is 0.662. The molecule has 0 aliphatic carbocycles. The lowest BCUT2D eigenvalue weighted by Gasteiger charge is -2.31. The van der Waals surface area contributed by atoms with Gasteiger partial charge in [-0.05, 0) is 49.2 Å². The van der Waals surface area contributed by atoms with Crippen molar-refractivity contribution in [2.75, 3.05) is 25.5 Å². The summed E-state index contributed by atoms with van der Waals surface area (Å²) >= 11 is 3.30. The highest BCUT2D eigenvalue weighted by Crippen LogP contribution is 2.26. The van der Waals surface area contributed by atoms with Crippen LogP contribution in [-0.2, 0) is 19.6 Å². The van der Waals surface area contributed by atoms with Crippen molar-refractivity contribution in [2.45, 2.75) is 17.7 Å². The molecule has 0 spiro atoms. The number of piperidine rings is 1. The summed E-state index contributed by atoms with van der Waals surface area (Å²) in [6, 6.07) is 13.0. The van der Waals surface area contributed by atoms with Crippen LogP contribution in [0.1, 0.15) is 23.2 Å². The van der Waals surface area contributed by atoms with Crippen LogP contribution >= 0.6 is 15.9 Å². The monoisotopic (exact) mass is 480 g/mol. The summed E-state index contributed by atoms with van der Waals surface area (Å²) in [7, 11) is -2.41. The highest BCUT2D eigenvalue weighted by molar-refractivity contribution is 9.10. The van der Waals surface area contributed by atoms with E-state index in [-0.39, 0.29) is 22.9 Å². The predicted molar refractivity (Wildman–Crippen MR) is 112 cm³/mol. The molecule has 3 rings (SSSR count). The van der Waals surface area contributed by atoms with Crippen molar-refractivity contribution in [3.8, 4) is 0 Å². The maximum absolute atomic E-state index is 12.9. The lowest BCUT2D eigenvalue weighted by atomic mass is 9.98. The summed E-state index contributed by atoms with van der Waals surface area (Å²) in [5.74, 6) is -1.39. The molecule has 1 N–H and O–H groups in total. The second kappa shape index (κ2) is 9.06. The van der Waals surface area contributed by atoms with E-state index >= 15 is 0 Å². The number of carbonyl (C=O) groups is 2. The van der Waals surface area contributed by atoms with Gasteiger partial charge in [-0.25, -0.2) is 13.2 Å². The van der Waals surface area contributed by atoms with Crippen molar-refractivity contribution in [3.63, 3.8) is 0 Å². The van der Waals surface area contributed by atoms with Gasteiger partial charge in [0.05, 0.1) is 29.2 Å². The van der Waals surface area contributed by atoms with Crippen LogP contribution in [0.3, 0.4) is 0 Å². The smallest absolute Gasteiger partial charge is 0.339 e. The number of rotatable bonds is 5. The molecular formula is C20H21BrN2O5S. The van der Waals surface area contributed by atoms with E-state index < -0.39 is 21.9 Å². The average molecular weight is 481 g/mol. The molecule has 1 fully saturated rings. The van der Waals surface area contributed by atoms with Gasteiger partial charge in [-0.15, -0.1) is 0 Å². The minimum atomic E-state index is -3.69. The number of para-hydroxylation sites is 1. The molecule has 0 radical (unpaired) electrons. The normalized spacial score (nSPS) is 17.5. The number of anilines is 1. The number of halogens is 1. The first-order chi connectivity index (χ1) is 13.8. The summed E-state index contributed by atoms with van der Waals surface area (Å²) in [6.45, 7) is 0.450. The fourth-order valence-corrected chi connectivity index (χ4v) is 5.03. The Labute approximate surface area is 178 Å². The number of amides is 1. The van der Waals surface area contributed by atoms with Crippen LogP contribution in [0.5, 0.6) is 0 Å². The Morgan fingerprint density at radius 3 is 2.52 bits per heavy atom. The van der Waals surface area contributed by atoms with Crippen molar-refractivity contribution in [3.05, 3.63) is 58.6 Å². The molecule has 154 valence electrons. The summed E-state index contributed by atoms with van der Waals surface area (Å²) < 4.78 is 32.7. The number of ether oxygens (including phenoxy) is 1. The molecule has 2 aromatic rings. The Hall–Kier alpha value is -2.23. The first kappa shape index (κ1) is 21.5. The van der Waals surface area contributed by atoms with E-state index in [1.165, 1.54) is 23.5 Å². The number of benzene rings is 2. The van der Waals surface area contributed by atoms with Crippen molar-refractivity contribution < 1.29 is 22.7 Å². The minimum absolute atomic E-state index is 0.0879. The zero-order valence-electron chi connectivity index (χ0n) is 15.8. The molecule has 2 aromatic carbocycles. The summed E-state index contributed by atoms with van der Waals surface area (Å²) in [4.78, 5) is 24.9. The number of nitrogens with one attached hydrogen (secondary N) is 1. The molecular weight excluding hydrogens is 460 g/mol. The Morgan fingerprint density at radius 1 is 1.14 bits per heavy atom. The second-order valence-corrected chi connectivity index (χ2v) is 9.54. The van der Waals surface area contributed by atoms with Crippen LogP contribution < -0.4 is 5.32 Å². The Balaban J connectivity index is 1.75. The van der Waals surface area contributed by atoms with Crippen LogP contribution in [0.15, 0.2) is 57.9 Å². The van der Waals surface area contributed by atoms with Crippen molar-refractivity contribution in [1.82, 2.24) is 4.31 Å². The number of hydrogen-bond donors (Lipinski definition) is 1. The van der Waals surface area contributed by atoms with Crippen LogP contribution in [0.2, 0.25) is 0 Å². The topological polar surface area (TPSA) is 92.8 Å². The first-order valence-corrected chi connectivity index (χ1v) is 11.3. The van der Waals surface area contributed by atoms with Gasteiger partial charge in [-0.1, -0.05) is 28.1 Å². The maximum Gasteiger partial charge on any atom is 0.339 e. The molecule has 1 aliphatic rings. The number of esters is 1. The molecule has 29 heavy (non-hydrogen) atoms. The number of carbonyl (C=O) groups excluding carboxylic acids is 2. The van der Waals surface area contributed by atoms with E-state index in [1.807, 2.05) is 0 Å². The molecule has 1 heterocycles. The fourth-order valence-electron chi connectivity index (χ4n) is 3.25. The standard InChI is InChI=1S/C20H21BrN2O5S/c1-28-20(25)17-6-2-3-7-18(17)22-19(24)14-5-4-12-23(13-14)29(26,27)16-10-8-15(21)9-11-16/h2-3,6-11,14H,4-5,12-13H2,1H3,(H,22,24). The largest absolute Gasteiger partial charge is 0.465 e. The molecule has 1 amide bonds. The van der Waals surface area contributed by atoms with Crippen LogP contribution in [0.4, 0.5) is 5.69 Å². The van der Waals surface area contributed by atoms with Gasteiger partial charge in [0.2, 0.25) is 15.9 Å². The van der Waals surface area contributed by atoms with Gasteiger partial charge in [0, 0.05) is 17.6 Å². The molecule has 9 heteroatoms. The number of methoxy groups -OCH3 is 1. The molecule has 7 nitrogen and oxygen atoms in total. The van der Waals surface area contributed by atoms with E-state index in [4.69, 9.17) is 4.74 Å². The van der Waals surface area contributed by atoms with Gasteiger partial charge >= 0.3 is 5.97 Å². The Bertz CT molecular complexity index is 1010. The molecule has 1 atom stereocenters. The van der Waals surface area contributed by atoms with Gasteiger partial charge in [0.1, 0.15) is 0 Å². The third-order valence-corrected chi connectivity index (χ3v) is 7.20. The molecule has 0 aromatic heterocycles. The summed E-state index contributed by atoms with van der Waals surface area (Å²) in [5, 5.41) is 2.75. The second-order valence-electron chi connectivity index (χ2n) is 6.68. The van der Waals surface area contributed by atoms with Crippen molar-refractivity contribution in [2.24, 2.45) is 5.92 Å². The summed E-state index contributed by atoms with van der Waals surface area (Å²) in [5.41, 5.74) is 0.593. The van der Waals surface area contributed by atoms with Gasteiger partial charge in [-0.2, -0.15) is 4.31 Å². The van der Waals surface area contributed by atoms with Crippen molar-refractivity contribution >= 4 is 43.5 Å². The van der Waals surface area contributed by atoms with Crippen LogP contribution in [0.25, 0.3) is 0 Å². The highest BCUT2D eigenvalue weighted by atomic mass is 79.9. The van der Waals surface area contributed by atoms with Gasteiger partial charge < -0.3 is 10.1 Å². The highest BCUT2D eigenvalue weighted by Gasteiger charge is 2.33. The molecule has 0 saturated carbocycles. The van der Waals surface area contributed by atoms with Gasteiger partial charge in [-0.3, -0.25) is 4.79 Å². The molecule has 1 aliphatic heterocycles. The van der Waals surface area contributed by atoms with Crippen LogP contribution in [0, 0.1) is 5.92 Å². The number of hydrogen-bond acceptors (Lipinski definition) is 5. The molecule has 1 saturated heterocycles.